The van der Waals surface area contributed by atoms with Crippen molar-refractivity contribution in [3.8, 4) is 5.75 Å². The topological polar surface area (TPSA) is 50.4 Å². The molecule has 1 atom stereocenters. The SMILES string of the molecule is COc1cccc(NC(=O)C(Nc2cccc(Br)c2)c2ccccc2)c1. The van der Waals surface area contributed by atoms with Crippen LogP contribution in [0.25, 0.3) is 0 Å². The summed E-state index contributed by atoms with van der Waals surface area (Å²) in [6, 6.07) is 24.1. The number of anilines is 2. The van der Waals surface area contributed by atoms with Gasteiger partial charge in [-0.25, -0.2) is 0 Å². The van der Waals surface area contributed by atoms with E-state index in [1.54, 1.807) is 13.2 Å². The number of hydrogen-bond acceptors (Lipinski definition) is 3. The van der Waals surface area contributed by atoms with Gasteiger partial charge in [-0.15, -0.1) is 0 Å². The maximum absolute atomic E-state index is 13.0. The van der Waals surface area contributed by atoms with Gasteiger partial charge in [0.15, 0.2) is 0 Å². The normalized spacial score (nSPS) is 11.5. The van der Waals surface area contributed by atoms with E-state index < -0.39 is 6.04 Å². The van der Waals surface area contributed by atoms with Crippen molar-refractivity contribution in [2.45, 2.75) is 6.04 Å². The minimum Gasteiger partial charge on any atom is -0.497 e. The smallest absolute Gasteiger partial charge is 0.251 e. The van der Waals surface area contributed by atoms with Crippen molar-refractivity contribution >= 4 is 33.2 Å². The van der Waals surface area contributed by atoms with E-state index in [0.717, 1.165) is 15.7 Å². The van der Waals surface area contributed by atoms with Crippen LogP contribution in [0.1, 0.15) is 11.6 Å². The van der Waals surface area contributed by atoms with Gasteiger partial charge in [0.25, 0.3) is 5.91 Å². The first-order valence-corrected chi connectivity index (χ1v) is 8.97. The van der Waals surface area contributed by atoms with E-state index >= 15 is 0 Å². The van der Waals surface area contributed by atoms with Crippen molar-refractivity contribution in [3.05, 3.63) is 88.9 Å². The van der Waals surface area contributed by atoms with E-state index in [9.17, 15) is 4.79 Å². The molecule has 1 unspecified atom stereocenters. The van der Waals surface area contributed by atoms with E-state index in [0.29, 0.717) is 11.4 Å². The van der Waals surface area contributed by atoms with Gasteiger partial charge in [0.2, 0.25) is 0 Å². The largest absolute Gasteiger partial charge is 0.497 e. The summed E-state index contributed by atoms with van der Waals surface area (Å²) in [4.78, 5) is 13.0. The van der Waals surface area contributed by atoms with Crippen molar-refractivity contribution in [3.63, 3.8) is 0 Å². The molecule has 26 heavy (non-hydrogen) atoms. The summed E-state index contributed by atoms with van der Waals surface area (Å²) in [5.41, 5.74) is 2.42. The van der Waals surface area contributed by atoms with E-state index in [-0.39, 0.29) is 5.91 Å². The zero-order valence-corrected chi connectivity index (χ0v) is 15.9. The zero-order chi connectivity index (χ0) is 18.4. The highest BCUT2D eigenvalue weighted by atomic mass is 79.9. The molecule has 132 valence electrons. The Morgan fingerprint density at radius 3 is 2.38 bits per heavy atom. The molecule has 0 spiro atoms. The molecule has 4 nitrogen and oxygen atoms in total. The van der Waals surface area contributed by atoms with Crippen LogP contribution in [0.4, 0.5) is 11.4 Å². The van der Waals surface area contributed by atoms with Crippen LogP contribution in [0.5, 0.6) is 5.75 Å². The van der Waals surface area contributed by atoms with Crippen molar-refractivity contribution in [2.24, 2.45) is 0 Å². The molecule has 1 amide bonds. The zero-order valence-electron chi connectivity index (χ0n) is 14.3. The molecule has 3 rings (SSSR count). The number of carbonyl (C=O) groups is 1. The predicted molar refractivity (Wildman–Crippen MR) is 109 cm³/mol. The van der Waals surface area contributed by atoms with Crippen molar-refractivity contribution in [1.82, 2.24) is 0 Å². The second-order valence-electron chi connectivity index (χ2n) is 5.72. The molecule has 3 aromatic rings. The molecular formula is C21H19BrN2O2. The number of hydrogen-bond donors (Lipinski definition) is 2. The Hall–Kier alpha value is -2.79. The van der Waals surface area contributed by atoms with Gasteiger partial charge in [-0.3, -0.25) is 4.79 Å². The standard InChI is InChI=1S/C21H19BrN2O2/c1-26-19-12-6-11-18(14-19)24-21(25)20(15-7-3-2-4-8-15)23-17-10-5-9-16(22)13-17/h2-14,20,23H,1H3,(H,24,25). The molecule has 3 aromatic carbocycles. The number of rotatable bonds is 6. The first-order chi connectivity index (χ1) is 12.7. The van der Waals surface area contributed by atoms with E-state index in [2.05, 4.69) is 26.6 Å². The molecule has 0 aliphatic carbocycles. The van der Waals surface area contributed by atoms with Gasteiger partial charge in [-0.1, -0.05) is 58.4 Å². The maximum atomic E-state index is 13.0. The fourth-order valence-corrected chi connectivity index (χ4v) is 3.01. The summed E-state index contributed by atoms with van der Waals surface area (Å²) in [6.07, 6.45) is 0. The van der Waals surface area contributed by atoms with Gasteiger partial charge >= 0.3 is 0 Å². The number of nitrogens with one attached hydrogen (secondary N) is 2. The Balaban J connectivity index is 1.86. The molecule has 2 N–H and O–H groups in total. The van der Waals surface area contributed by atoms with Crippen LogP contribution in [-0.4, -0.2) is 13.0 Å². The van der Waals surface area contributed by atoms with Crippen molar-refractivity contribution in [1.29, 1.82) is 0 Å². The van der Waals surface area contributed by atoms with Crippen LogP contribution in [0.2, 0.25) is 0 Å². The van der Waals surface area contributed by atoms with Crippen LogP contribution >= 0.6 is 15.9 Å². The Labute approximate surface area is 161 Å². The quantitative estimate of drug-likeness (QED) is 0.583. The molecule has 0 aromatic heterocycles. The van der Waals surface area contributed by atoms with Crippen LogP contribution in [0.3, 0.4) is 0 Å². The molecule has 0 fully saturated rings. The van der Waals surface area contributed by atoms with Crippen molar-refractivity contribution in [2.75, 3.05) is 17.7 Å². The molecule has 0 saturated heterocycles. The minimum atomic E-state index is -0.531. The van der Waals surface area contributed by atoms with Crippen molar-refractivity contribution < 1.29 is 9.53 Å². The van der Waals surface area contributed by atoms with Gasteiger partial charge in [-0.2, -0.15) is 0 Å². The first kappa shape index (κ1) is 18.0. The molecule has 0 radical (unpaired) electrons. The second kappa shape index (κ2) is 8.54. The Morgan fingerprint density at radius 2 is 1.65 bits per heavy atom. The average molecular weight is 411 g/mol. The number of benzene rings is 3. The van der Waals surface area contributed by atoms with Crippen LogP contribution < -0.4 is 15.4 Å². The number of ether oxygens (including phenoxy) is 1. The highest BCUT2D eigenvalue weighted by molar-refractivity contribution is 9.10. The number of methoxy groups -OCH3 is 1. The van der Waals surface area contributed by atoms with Crippen LogP contribution in [-0.2, 0) is 4.79 Å². The molecule has 5 heteroatoms. The molecule has 0 bridgehead atoms. The lowest BCUT2D eigenvalue weighted by atomic mass is 10.1. The Morgan fingerprint density at radius 1 is 0.923 bits per heavy atom. The third-order valence-corrected chi connectivity index (χ3v) is 4.36. The third kappa shape index (κ3) is 4.64. The molecule has 0 saturated carbocycles. The molecule has 0 aliphatic rings. The lowest BCUT2D eigenvalue weighted by Crippen LogP contribution is -2.27. The third-order valence-electron chi connectivity index (χ3n) is 3.87. The van der Waals surface area contributed by atoms with Crippen LogP contribution in [0.15, 0.2) is 83.3 Å². The highest BCUT2D eigenvalue weighted by Crippen LogP contribution is 2.24. The monoisotopic (exact) mass is 410 g/mol. The average Bonchev–Trinajstić information content (AvgIpc) is 2.67. The van der Waals surface area contributed by atoms with Gasteiger partial charge in [0.05, 0.1) is 7.11 Å². The number of halogens is 1. The Bertz CT molecular complexity index is 884. The minimum absolute atomic E-state index is 0.149. The summed E-state index contributed by atoms with van der Waals surface area (Å²) in [5.74, 6) is 0.545. The highest BCUT2D eigenvalue weighted by Gasteiger charge is 2.20. The number of carbonyl (C=O) groups excluding carboxylic acids is 1. The van der Waals surface area contributed by atoms with E-state index in [4.69, 9.17) is 4.74 Å². The van der Waals surface area contributed by atoms with Gasteiger partial charge in [0.1, 0.15) is 11.8 Å². The van der Waals surface area contributed by atoms with E-state index in [1.165, 1.54) is 0 Å². The van der Waals surface area contributed by atoms with Gasteiger partial charge in [-0.05, 0) is 35.9 Å². The fraction of sp³-hybridized carbons (Fsp3) is 0.0952. The fourth-order valence-electron chi connectivity index (χ4n) is 2.61. The molecule has 0 aliphatic heterocycles. The summed E-state index contributed by atoms with van der Waals surface area (Å²) in [5, 5.41) is 6.27. The second-order valence-corrected chi connectivity index (χ2v) is 6.64. The summed E-state index contributed by atoms with van der Waals surface area (Å²) in [7, 11) is 1.60. The van der Waals surface area contributed by atoms with Crippen LogP contribution in [0, 0.1) is 0 Å². The Kier molecular flexibility index (Phi) is 5.92. The summed E-state index contributed by atoms with van der Waals surface area (Å²) >= 11 is 3.46. The summed E-state index contributed by atoms with van der Waals surface area (Å²) in [6.45, 7) is 0. The molecular weight excluding hydrogens is 392 g/mol. The van der Waals surface area contributed by atoms with Gasteiger partial charge in [0, 0.05) is 21.9 Å². The first-order valence-electron chi connectivity index (χ1n) is 8.17. The molecule has 0 heterocycles. The number of amides is 1. The van der Waals surface area contributed by atoms with Gasteiger partial charge < -0.3 is 15.4 Å². The maximum Gasteiger partial charge on any atom is 0.251 e. The lowest BCUT2D eigenvalue weighted by molar-refractivity contribution is -0.117. The predicted octanol–water partition coefficient (Wildman–Crippen LogP) is 5.25. The summed E-state index contributed by atoms with van der Waals surface area (Å²) < 4.78 is 6.17. The van der Waals surface area contributed by atoms with E-state index in [1.807, 2.05) is 72.8 Å². The lowest BCUT2D eigenvalue weighted by Gasteiger charge is -2.20.